The van der Waals surface area contributed by atoms with Gasteiger partial charge in [0.15, 0.2) is 5.65 Å². The summed E-state index contributed by atoms with van der Waals surface area (Å²) in [5.41, 5.74) is 3.30. The average Bonchev–Trinajstić information content (AvgIpc) is 2.65. The van der Waals surface area contributed by atoms with Gasteiger partial charge in [0.05, 0.1) is 22.3 Å². The van der Waals surface area contributed by atoms with Crippen molar-refractivity contribution in [3.05, 3.63) is 17.7 Å². The molecule has 2 aromatic heterocycles. The lowest BCUT2D eigenvalue weighted by molar-refractivity contribution is 0.315. The van der Waals surface area contributed by atoms with Crippen LogP contribution in [0.25, 0.3) is 11.0 Å². The third-order valence-electron chi connectivity index (χ3n) is 4.27. The Morgan fingerprint density at radius 1 is 1.00 bits per heavy atom. The molecule has 2 aromatic rings. The minimum absolute atomic E-state index is 0.0516. The summed E-state index contributed by atoms with van der Waals surface area (Å²) in [5, 5.41) is 6.09. The maximum Gasteiger partial charge on any atom is 0.162 e. The van der Waals surface area contributed by atoms with E-state index in [2.05, 4.69) is 63.1 Å². The Balaban J connectivity index is 2.47. The maximum atomic E-state index is 4.92. The summed E-state index contributed by atoms with van der Waals surface area (Å²) >= 11 is 0. The van der Waals surface area contributed by atoms with Crippen LogP contribution in [0.3, 0.4) is 0 Å². The van der Waals surface area contributed by atoms with Gasteiger partial charge in [-0.2, -0.15) is 5.10 Å². The van der Waals surface area contributed by atoms with Crippen molar-refractivity contribution >= 4 is 11.0 Å². The van der Waals surface area contributed by atoms with Gasteiger partial charge in [0.25, 0.3) is 0 Å². The molecule has 0 saturated carbocycles. The van der Waals surface area contributed by atoms with Gasteiger partial charge >= 0.3 is 0 Å². The zero-order chi connectivity index (χ0) is 14.9. The van der Waals surface area contributed by atoms with Gasteiger partial charge < -0.3 is 0 Å². The molecule has 3 rings (SSSR count). The molecule has 0 spiro atoms. The Hall–Kier alpha value is -1.45. The van der Waals surface area contributed by atoms with E-state index < -0.39 is 0 Å². The molecule has 0 atom stereocenters. The van der Waals surface area contributed by atoms with Crippen molar-refractivity contribution in [3.63, 3.8) is 0 Å². The first-order valence-electron chi connectivity index (χ1n) is 7.29. The van der Waals surface area contributed by atoms with Crippen LogP contribution >= 0.6 is 0 Å². The van der Waals surface area contributed by atoms with Crippen LogP contribution in [0.15, 0.2) is 6.33 Å². The second-order valence-corrected chi connectivity index (χ2v) is 8.30. The second kappa shape index (κ2) is 3.60. The first-order valence-corrected chi connectivity index (χ1v) is 7.29. The molecule has 0 bridgehead atoms. The van der Waals surface area contributed by atoms with E-state index in [1.807, 2.05) is 0 Å². The number of hydrogen-bond donors (Lipinski definition) is 0. The molecule has 0 fully saturated rings. The van der Waals surface area contributed by atoms with E-state index in [1.54, 1.807) is 6.33 Å². The number of aromatic nitrogens is 4. The summed E-state index contributed by atoms with van der Waals surface area (Å²) in [6.45, 7) is 15.6. The normalized spacial score (nSPS) is 20.4. The maximum absolute atomic E-state index is 4.92. The number of hydrogen-bond acceptors (Lipinski definition) is 3. The van der Waals surface area contributed by atoms with Crippen LogP contribution < -0.4 is 0 Å². The topological polar surface area (TPSA) is 43.6 Å². The Morgan fingerprint density at radius 2 is 1.60 bits per heavy atom. The van der Waals surface area contributed by atoms with Crippen molar-refractivity contribution in [1.29, 1.82) is 0 Å². The van der Waals surface area contributed by atoms with Crippen LogP contribution in [-0.2, 0) is 16.4 Å². The van der Waals surface area contributed by atoms with Gasteiger partial charge in [-0.05, 0) is 27.2 Å². The van der Waals surface area contributed by atoms with Crippen LogP contribution in [0.5, 0.6) is 0 Å². The Labute approximate surface area is 120 Å². The van der Waals surface area contributed by atoms with Gasteiger partial charge in [0.2, 0.25) is 0 Å². The highest BCUT2D eigenvalue weighted by Gasteiger charge is 2.43. The molecule has 20 heavy (non-hydrogen) atoms. The van der Waals surface area contributed by atoms with Crippen LogP contribution in [0.2, 0.25) is 0 Å². The molecule has 2 heterocycles. The van der Waals surface area contributed by atoms with Crippen molar-refractivity contribution < 1.29 is 0 Å². The molecule has 0 amide bonds. The lowest BCUT2D eigenvalue weighted by Crippen LogP contribution is -2.35. The molecule has 108 valence electrons. The second-order valence-electron chi connectivity index (χ2n) is 8.30. The highest BCUT2D eigenvalue weighted by atomic mass is 15.3. The SMILES string of the molecule is CC1(C)CC(C)(C)c2nn(C(C)(C)C)c3ncnc1c23. The van der Waals surface area contributed by atoms with Crippen LogP contribution in [-0.4, -0.2) is 19.7 Å². The van der Waals surface area contributed by atoms with Crippen LogP contribution in [0.4, 0.5) is 0 Å². The summed E-state index contributed by atoms with van der Waals surface area (Å²) in [7, 11) is 0. The number of nitrogens with zero attached hydrogens (tertiary/aromatic N) is 4. The molecule has 1 aliphatic carbocycles. The summed E-state index contributed by atoms with van der Waals surface area (Å²) in [6.07, 6.45) is 2.74. The predicted octanol–water partition coefficient (Wildman–Crippen LogP) is 3.54. The molecule has 0 radical (unpaired) electrons. The number of rotatable bonds is 0. The molecule has 0 N–H and O–H groups in total. The fourth-order valence-electron chi connectivity index (χ4n) is 3.68. The van der Waals surface area contributed by atoms with Gasteiger partial charge in [-0.1, -0.05) is 27.7 Å². The molecule has 0 aliphatic heterocycles. The minimum atomic E-state index is -0.0767. The average molecular weight is 272 g/mol. The largest absolute Gasteiger partial charge is 0.242 e. The summed E-state index contributed by atoms with van der Waals surface area (Å²) < 4.78 is 2.06. The molecule has 0 unspecified atom stereocenters. The van der Waals surface area contributed by atoms with E-state index in [0.29, 0.717) is 0 Å². The lowest BCUT2D eigenvalue weighted by Gasteiger charge is -2.38. The quantitative estimate of drug-likeness (QED) is 0.736. The van der Waals surface area contributed by atoms with Gasteiger partial charge in [-0.25, -0.2) is 14.6 Å². The smallest absolute Gasteiger partial charge is 0.162 e. The fraction of sp³-hybridized carbons (Fsp3) is 0.688. The third-order valence-corrected chi connectivity index (χ3v) is 4.27. The van der Waals surface area contributed by atoms with E-state index in [-0.39, 0.29) is 16.4 Å². The lowest BCUT2D eigenvalue weighted by atomic mass is 9.66. The Bertz CT molecular complexity index is 686. The van der Waals surface area contributed by atoms with Crippen molar-refractivity contribution in [2.45, 2.75) is 71.3 Å². The molecular weight excluding hydrogens is 248 g/mol. The van der Waals surface area contributed by atoms with E-state index >= 15 is 0 Å². The van der Waals surface area contributed by atoms with E-state index in [9.17, 15) is 0 Å². The molecule has 4 nitrogen and oxygen atoms in total. The van der Waals surface area contributed by atoms with Gasteiger partial charge in [0, 0.05) is 10.8 Å². The molecule has 0 aromatic carbocycles. The van der Waals surface area contributed by atoms with Gasteiger partial charge in [0.1, 0.15) is 6.33 Å². The fourth-order valence-corrected chi connectivity index (χ4v) is 3.68. The summed E-state index contributed by atoms with van der Waals surface area (Å²) in [4.78, 5) is 9.12. The van der Waals surface area contributed by atoms with E-state index in [0.717, 1.165) is 23.5 Å². The van der Waals surface area contributed by atoms with Crippen molar-refractivity contribution in [3.8, 4) is 0 Å². The van der Waals surface area contributed by atoms with Crippen LogP contribution in [0.1, 0.15) is 66.3 Å². The predicted molar refractivity (Wildman–Crippen MR) is 81.0 cm³/mol. The molecular formula is C16H24N4. The third kappa shape index (κ3) is 1.70. The van der Waals surface area contributed by atoms with Crippen molar-refractivity contribution in [1.82, 2.24) is 19.7 Å². The summed E-state index contributed by atoms with van der Waals surface area (Å²) in [5.74, 6) is 0. The Kier molecular flexibility index (Phi) is 2.43. The molecule has 0 saturated heterocycles. The minimum Gasteiger partial charge on any atom is -0.242 e. The van der Waals surface area contributed by atoms with Gasteiger partial charge in [-0.15, -0.1) is 0 Å². The monoisotopic (exact) mass is 272 g/mol. The first kappa shape index (κ1) is 13.5. The van der Waals surface area contributed by atoms with Crippen molar-refractivity contribution in [2.75, 3.05) is 0 Å². The highest BCUT2D eigenvalue weighted by molar-refractivity contribution is 5.84. The van der Waals surface area contributed by atoms with Gasteiger partial charge in [-0.3, -0.25) is 0 Å². The van der Waals surface area contributed by atoms with Crippen LogP contribution in [0, 0.1) is 0 Å². The highest BCUT2D eigenvalue weighted by Crippen LogP contribution is 2.47. The Morgan fingerprint density at radius 3 is 2.20 bits per heavy atom. The molecule has 4 heteroatoms. The van der Waals surface area contributed by atoms with E-state index in [4.69, 9.17) is 5.10 Å². The zero-order valence-corrected chi connectivity index (χ0v) is 13.6. The molecule has 1 aliphatic rings. The van der Waals surface area contributed by atoms with E-state index in [1.165, 1.54) is 5.39 Å². The first-order chi connectivity index (χ1) is 9.04. The van der Waals surface area contributed by atoms with Crippen molar-refractivity contribution in [2.24, 2.45) is 0 Å². The summed E-state index contributed by atoms with van der Waals surface area (Å²) in [6, 6.07) is 0. The standard InChI is InChI=1S/C16H24N4/c1-14(2,3)20-13-10-11(17-9-18-13)15(4,5)8-16(6,7)12(10)19-20/h9H,8H2,1-7H3. The zero-order valence-electron chi connectivity index (χ0n) is 13.6.